The molecule has 1 heterocycles. The van der Waals surface area contributed by atoms with Crippen molar-refractivity contribution in [1.82, 2.24) is 9.89 Å². The molecule has 0 aliphatic heterocycles. The summed E-state index contributed by atoms with van der Waals surface area (Å²) in [5, 5.41) is 5.85. The number of benzene rings is 2. The monoisotopic (exact) mass is 377 g/mol. The van der Waals surface area contributed by atoms with Crippen LogP contribution in [-0.2, 0) is 15.6 Å². The lowest BCUT2D eigenvalue weighted by Gasteiger charge is -2.25. The smallest absolute Gasteiger partial charge is 0.273 e. The lowest BCUT2D eigenvalue weighted by Crippen LogP contribution is -2.39. The first-order valence-electron chi connectivity index (χ1n) is 9.47. The third-order valence-corrected chi connectivity index (χ3v) is 4.90. The van der Waals surface area contributed by atoms with Crippen molar-refractivity contribution in [2.24, 2.45) is 0 Å². The Labute approximate surface area is 165 Å². The second kappa shape index (κ2) is 7.23. The highest BCUT2D eigenvalue weighted by molar-refractivity contribution is 5.87. The van der Waals surface area contributed by atoms with E-state index in [9.17, 15) is 9.59 Å². The van der Waals surface area contributed by atoms with Gasteiger partial charge in [0.05, 0.1) is 11.1 Å². The van der Waals surface area contributed by atoms with Crippen LogP contribution in [0.3, 0.4) is 0 Å². The number of nitrogens with one attached hydrogen (secondary N) is 1. The number of carbonyl (C=O) groups is 1. The molecule has 3 rings (SSSR count). The van der Waals surface area contributed by atoms with Gasteiger partial charge in [-0.05, 0) is 17.0 Å². The van der Waals surface area contributed by atoms with E-state index in [1.165, 1.54) is 0 Å². The molecule has 0 bridgehead atoms. The summed E-state index contributed by atoms with van der Waals surface area (Å²) in [6.07, 6.45) is 0.239. The van der Waals surface area contributed by atoms with Crippen molar-refractivity contribution in [3.63, 3.8) is 0 Å². The van der Waals surface area contributed by atoms with E-state index in [1.807, 2.05) is 83.1 Å². The highest BCUT2D eigenvalue weighted by atomic mass is 16.2. The van der Waals surface area contributed by atoms with Gasteiger partial charge in [0.25, 0.3) is 5.56 Å². The first-order valence-corrected chi connectivity index (χ1v) is 9.47. The van der Waals surface area contributed by atoms with Gasteiger partial charge < -0.3 is 0 Å². The van der Waals surface area contributed by atoms with Gasteiger partial charge >= 0.3 is 0 Å². The molecule has 2 aromatic carbocycles. The van der Waals surface area contributed by atoms with Crippen molar-refractivity contribution >= 4 is 16.7 Å². The van der Waals surface area contributed by atoms with Crippen molar-refractivity contribution in [3.05, 3.63) is 76.2 Å². The molecular formula is C23H27N3O2. The number of carbonyl (C=O) groups excluding carboxylic acids is 1. The highest BCUT2D eigenvalue weighted by Gasteiger charge is 2.26. The molecule has 0 aliphatic rings. The van der Waals surface area contributed by atoms with E-state index in [0.717, 1.165) is 21.4 Å². The van der Waals surface area contributed by atoms with Crippen LogP contribution in [-0.4, -0.2) is 15.8 Å². The zero-order valence-electron chi connectivity index (χ0n) is 17.1. The Kier molecular flexibility index (Phi) is 5.11. The third-order valence-electron chi connectivity index (χ3n) is 4.90. The fourth-order valence-electron chi connectivity index (χ4n) is 3.37. The highest BCUT2D eigenvalue weighted by Crippen LogP contribution is 2.27. The van der Waals surface area contributed by atoms with Crippen LogP contribution >= 0.6 is 0 Å². The van der Waals surface area contributed by atoms with Crippen molar-refractivity contribution in [3.8, 4) is 0 Å². The first kappa shape index (κ1) is 19.8. The maximum absolute atomic E-state index is 12.9. The molecule has 1 amide bonds. The van der Waals surface area contributed by atoms with Crippen molar-refractivity contribution in [1.29, 1.82) is 0 Å². The molecule has 1 N–H and O–H groups in total. The number of hydrogen-bond acceptors (Lipinski definition) is 3. The second-order valence-electron chi connectivity index (χ2n) is 8.82. The van der Waals surface area contributed by atoms with Crippen LogP contribution in [0.1, 0.15) is 52.3 Å². The Morgan fingerprint density at radius 3 is 2.11 bits per heavy atom. The standard InChI is InChI=1S/C23H27N3O2/c1-22(2,3)20-17-13-9-10-14-18(17)21(28)26(25-20)24-19(27)15-23(4,5)16-11-7-6-8-12-16/h6-14H,15H2,1-5H3,(H,24,27). The van der Waals surface area contributed by atoms with Crippen molar-refractivity contribution in [2.45, 2.75) is 51.9 Å². The fourth-order valence-corrected chi connectivity index (χ4v) is 3.37. The van der Waals surface area contributed by atoms with Gasteiger partial charge in [-0.3, -0.25) is 9.59 Å². The zero-order valence-corrected chi connectivity index (χ0v) is 17.1. The van der Waals surface area contributed by atoms with Crippen LogP contribution in [0, 0.1) is 0 Å². The molecule has 0 saturated heterocycles. The Morgan fingerprint density at radius 1 is 0.929 bits per heavy atom. The van der Waals surface area contributed by atoms with E-state index < -0.39 is 0 Å². The second-order valence-corrected chi connectivity index (χ2v) is 8.82. The number of aromatic nitrogens is 2. The predicted molar refractivity (Wildman–Crippen MR) is 113 cm³/mol. The van der Waals surface area contributed by atoms with Gasteiger partial charge in [-0.1, -0.05) is 83.1 Å². The minimum absolute atomic E-state index is 0.239. The number of rotatable bonds is 4. The average molecular weight is 377 g/mol. The molecule has 5 nitrogen and oxygen atoms in total. The minimum Gasteiger partial charge on any atom is -0.273 e. The van der Waals surface area contributed by atoms with Gasteiger partial charge in [-0.15, -0.1) is 4.79 Å². The first-order chi connectivity index (χ1) is 13.1. The van der Waals surface area contributed by atoms with Crippen LogP contribution in [0.15, 0.2) is 59.4 Å². The third kappa shape index (κ3) is 3.98. The SMILES string of the molecule is CC(C)(C)c1nn(NC(=O)CC(C)(C)c2ccccc2)c(=O)c2ccccc12. The number of amides is 1. The van der Waals surface area contributed by atoms with E-state index in [-0.39, 0.29) is 28.7 Å². The number of nitrogens with zero attached hydrogens (tertiary/aromatic N) is 2. The van der Waals surface area contributed by atoms with Crippen LogP contribution in [0.5, 0.6) is 0 Å². The molecule has 0 saturated carbocycles. The predicted octanol–water partition coefficient (Wildman–Crippen LogP) is 4.13. The molecule has 1 aromatic heterocycles. The average Bonchev–Trinajstić information content (AvgIpc) is 2.63. The fraction of sp³-hybridized carbons (Fsp3) is 0.348. The molecule has 5 heteroatoms. The molecule has 28 heavy (non-hydrogen) atoms. The Hall–Kier alpha value is -2.95. The largest absolute Gasteiger partial charge is 0.294 e. The van der Waals surface area contributed by atoms with Crippen molar-refractivity contribution < 1.29 is 4.79 Å². The molecule has 0 aliphatic carbocycles. The molecule has 0 spiro atoms. The van der Waals surface area contributed by atoms with Crippen LogP contribution in [0.2, 0.25) is 0 Å². The summed E-state index contributed by atoms with van der Waals surface area (Å²) in [5.41, 5.74) is 3.57. The molecule has 0 fully saturated rings. The molecule has 146 valence electrons. The molecular weight excluding hydrogens is 350 g/mol. The lowest BCUT2D eigenvalue weighted by atomic mass is 9.81. The summed E-state index contributed by atoms with van der Waals surface area (Å²) < 4.78 is 0. The van der Waals surface area contributed by atoms with E-state index in [4.69, 9.17) is 0 Å². The van der Waals surface area contributed by atoms with Gasteiger partial charge in [0.1, 0.15) is 0 Å². The Morgan fingerprint density at radius 2 is 1.50 bits per heavy atom. The van der Waals surface area contributed by atoms with Gasteiger partial charge in [0, 0.05) is 17.2 Å². The van der Waals surface area contributed by atoms with Gasteiger partial charge in [-0.2, -0.15) is 5.10 Å². The van der Waals surface area contributed by atoms with Gasteiger partial charge in [0.15, 0.2) is 0 Å². The maximum atomic E-state index is 12.9. The zero-order chi connectivity index (χ0) is 20.5. The number of hydrogen-bond donors (Lipinski definition) is 1. The summed E-state index contributed by atoms with van der Waals surface area (Å²) in [5.74, 6) is -0.251. The molecule has 3 aromatic rings. The Balaban J connectivity index is 1.95. The van der Waals surface area contributed by atoms with E-state index in [0.29, 0.717) is 5.39 Å². The van der Waals surface area contributed by atoms with Crippen LogP contribution < -0.4 is 11.0 Å². The normalized spacial score (nSPS) is 12.2. The van der Waals surface area contributed by atoms with Crippen LogP contribution in [0.4, 0.5) is 0 Å². The molecule has 0 unspecified atom stereocenters. The van der Waals surface area contributed by atoms with E-state index in [2.05, 4.69) is 10.5 Å². The Bertz CT molecular complexity index is 1060. The van der Waals surface area contributed by atoms with E-state index in [1.54, 1.807) is 6.07 Å². The molecule has 0 radical (unpaired) electrons. The summed E-state index contributed by atoms with van der Waals surface area (Å²) >= 11 is 0. The topological polar surface area (TPSA) is 64.0 Å². The minimum atomic E-state index is -0.362. The molecule has 0 atom stereocenters. The van der Waals surface area contributed by atoms with Crippen molar-refractivity contribution in [2.75, 3.05) is 5.43 Å². The number of fused-ring (bicyclic) bond motifs is 1. The lowest BCUT2D eigenvalue weighted by molar-refractivity contribution is -0.118. The quantitative estimate of drug-likeness (QED) is 0.743. The van der Waals surface area contributed by atoms with Gasteiger partial charge in [0.2, 0.25) is 5.91 Å². The summed E-state index contributed by atoms with van der Waals surface area (Å²) in [6.45, 7) is 10.1. The van der Waals surface area contributed by atoms with Gasteiger partial charge in [-0.25, -0.2) is 5.43 Å². The summed E-state index contributed by atoms with van der Waals surface area (Å²) in [6, 6.07) is 17.3. The van der Waals surface area contributed by atoms with E-state index >= 15 is 0 Å². The van der Waals surface area contributed by atoms with Crippen LogP contribution in [0.25, 0.3) is 10.8 Å². The summed E-state index contributed by atoms with van der Waals surface area (Å²) in [4.78, 5) is 26.7. The maximum Gasteiger partial charge on any atom is 0.294 e. The summed E-state index contributed by atoms with van der Waals surface area (Å²) in [7, 11) is 0.